The number of amides is 2. The highest BCUT2D eigenvalue weighted by atomic mass is 19.1. The number of hydrogen-bond acceptors (Lipinski definition) is 5. The Balaban J connectivity index is 1.51. The number of nitrogens with one attached hydrogen (secondary N) is 2. The van der Waals surface area contributed by atoms with Gasteiger partial charge in [0.1, 0.15) is 11.6 Å². The van der Waals surface area contributed by atoms with Crippen LogP contribution in [0.5, 0.6) is 5.75 Å². The van der Waals surface area contributed by atoms with Crippen LogP contribution >= 0.6 is 0 Å². The van der Waals surface area contributed by atoms with E-state index in [1.807, 2.05) is 19.1 Å². The Labute approximate surface area is 177 Å². The Hall–Kier alpha value is -4.33. The Morgan fingerprint density at radius 1 is 0.903 bits per heavy atom. The zero-order valence-electron chi connectivity index (χ0n) is 16.5. The summed E-state index contributed by atoms with van der Waals surface area (Å²) in [7, 11) is 0. The van der Waals surface area contributed by atoms with Gasteiger partial charge in [0.15, 0.2) is 0 Å². The first-order valence-corrected chi connectivity index (χ1v) is 9.20. The minimum absolute atomic E-state index is 0.279. The smallest absolute Gasteiger partial charge is 0.343 e. The number of halogens is 1. The highest BCUT2D eigenvalue weighted by molar-refractivity contribution is 6.39. The standard InChI is InChI=1S/C23H18FN3O4/c1-15-4-2-3-5-20(15)23(30)31-19-12-6-16(7-13-19)14-25-27-22(29)21(28)26-18-10-8-17(24)9-11-18/h2-14H,1H3,(H,26,28)(H,27,29)/b25-14-. The number of benzene rings is 3. The molecule has 0 aliphatic rings. The fourth-order valence-corrected chi connectivity index (χ4v) is 2.52. The molecule has 0 saturated carbocycles. The highest BCUT2D eigenvalue weighted by Crippen LogP contribution is 2.15. The van der Waals surface area contributed by atoms with Crippen molar-refractivity contribution < 1.29 is 23.5 Å². The summed E-state index contributed by atoms with van der Waals surface area (Å²) in [6, 6.07) is 18.5. The number of carbonyl (C=O) groups excluding carboxylic acids is 3. The van der Waals surface area contributed by atoms with E-state index in [0.717, 1.165) is 17.7 Å². The largest absolute Gasteiger partial charge is 0.423 e. The third-order valence-electron chi connectivity index (χ3n) is 4.14. The number of anilines is 1. The Morgan fingerprint density at radius 3 is 2.26 bits per heavy atom. The van der Waals surface area contributed by atoms with Gasteiger partial charge in [-0.25, -0.2) is 14.6 Å². The normalized spacial score (nSPS) is 10.5. The number of aryl methyl sites for hydroxylation is 1. The van der Waals surface area contributed by atoms with Gasteiger partial charge in [-0.15, -0.1) is 0 Å². The summed E-state index contributed by atoms with van der Waals surface area (Å²) in [5.74, 6) is -2.48. The Kier molecular flexibility index (Phi) is 6.85. The van der Waals surface area contributed by atoms with Crippen molar-refractivity contribution in [1.29, 1.82) is 0 Å². The van der Waals surface area contributed by atoms with Crippen molar-refractivity contribution in [3.05, 3.63) is 95.3 Å². The molecule has 8 heteroatoms. The van der Waals surface area contributed by atoms with Crippen LogP contribution in [0.1, 0.15) is 21.5 Å². The molecule has 0 aliphatic carbocycles. The van der Waals surface area contributed by atoms with Crippen LogP contribution in [0.3, 0.4) is 0 Å². The molecule has 2 N–H and O–H groups in total. The maximum Gasteiger partial charge on any atom is 0.343 e. The molecule has 0 radical (unpaired) electrons. The molecule has 2 amide bonds. The molecule has 156 valence electrons. The van der Waals surface area contributed by atoms with Gasteiger partial charge in [-0.2, -0.15) is 5.10 Å². The molecule has 0 spiro atoms. The molecule has 31 heavy (non-hydrogen) atoms. The van der Waals surface area contributed by atoms with Crippen LogP contribution in [-0.4, -0.2) is 24.0 Å². The molecule has 0 aliphatic heterocycles. The van der Waals surface area contributed by atoms with Crippen LogP contribution in [-0.2, 0) is 9.59 Å². The van der Waals surface area contributed by atoms with E-state index < -0.39 is 23.6 Å². The molecule has 3 aromatic carbocycles. The molecular formula is C23H18FN3O4. The Bertz CT molecular complexity index is 1130. The van der Waals surface area contributed by atoms with Gasteiger partial charge < -0.3 is 10.1 Å². The molecule has 0 heterocycles. The van der Waals surface area contributed by atoms with Gasteiger partial charge in [0, 0.05) is 5.69 Å². The third kappa shape index (κ3) is 6.07. The monoisotopic (exact) mass is 419 g/mol. The van der Waals surface area contributed by atoms with Gasteiger partial charge in [-0.05, 0) is 72.6 Å². The van der Waals surface area contributed by atoms with Gasteiger partial charge >= 0.3 is 17.8 Å². The molecule has 7 nitrogen and oxygen atoms in total. The summed E-state index contributed by atoms with van der Waals surface area (Å²) < 4.78 is 18.2. The lowest BCUT2D eigenvalue weighted by molar-refractivity contribution is -0.136. The number of hydrogen-bond donors (Lipinski definition) is 2. The first-order valence-electron chi connectivity index (χ1n) is 9.20. The molecule has 0 atom stereocenters. The van der Waals surface area contributed by atoms with Crippen LogP contribution in [0.2, 0.25) is 0 Å². The van der Waals surface area contributed by atoms with Gasteiger partial charge in [-0.3, -0.25) is 9.59 Å². The number of esters is 1. The van der Waals surface area contributed by atoms with E-state index >= 15 is 0 Å². The Morgan fingerprint density at radius 2 is 1.58 bits per heavy atom. The van der Waals surface area contributed by atoms with Gasteiger partial charge in [0.2, 0.25) is 0 Å². The number of rotatable bonds is 5. The lowest BCUT2D eigenvalue weighted by atomic mass is 10.1. The van der Waals surface area contributed by atoms with Crippen LogP contribution in [0, 0.1) is 12.7 Å². The van der Waals surface area contributed by atoms with E-state index in [1.165, 1.54) is 18.3 Å². The zero-order valence-corrected chi connectivity index (χ0v) is 16.5. The summed E-state index contributed by atoms with van der Waals surface area (Å²) in [6.07, 6.45) is 1.33. The van der Waals surface area contributed by atoms with E-state index in [9.17, 15) is 18.8 Å². The molecule has 0 aromatic heterocycles. The first kappa shape index (κ1) is 21.4. The SMILES string of the molecule is Cc1ccccc1C(=O)Oc1ccc(/C=N\NC(=O)C(=O)Nc2ccc(F)cc2)cc1. The molecule has 3 rings (SSSR count). The maximum absolute atomic E-state index is 12.9. The summed E-state index contributed by atoms with van der Waals surface area (Å²) in [4.78, 5) is 35.8. The van der Waals surface area contributed by atoms with Crippen molar-refractivity contribution in [3.8, 4) is 5.75 Å². The number of hydrazone groups is 1. The average Bonchev–Trinajstić information content (AvgIpc) is 2.76. The predicted octanol–water partition coefficient (Wildman–Crippen LogP) is 3.44. The average molecular weight is 419 g/mol. The predicted molar refractivity (Wildman–Crippen MR) is 113 cm³/mol. The highest BCUT2D eigenvalue weighted by Gasteiger charge is 2.13. The number of ether oxygens (including phenoxy) is 1. The van der Waals surface area contributed by atoms with Crippen LogP contribution in [0.15, 0.2) is 77.9 Å². The van der Waals surface area contributed by atoms with Crippen LogP contribution < -0.4 is 15.5 Å². The summed E-state index contributed by atoms with van der Waals surface area (Å²) >= 11 is 0. The number of nitrogens with zero attached hydrogens (tertiary/aromatic N) is 1. The van der Waals surface area contributed by atoms with E-state index in [4.69, 9.17) is 4.74 Å². The fourth-order valence-electron chi connectivity index (χ4n) is 2.52. The van der Waals surface area contributed by atoms with Crippen molar-refractivity contribution in [1.82, 2.24) is 5.43 Å². The fraction of sp³-hybridized carbons (Fsp3) is 0.0435. The summed E-state index contributed by atoms with van der Waals surface area (Å²) in [5.41, 5.74) is 4.28. The van der Waals surface area contributed by atoms with E-state index in [0.29, 0.717) is 16.9 Å². The molecule has 0 saturated heterocycles. The lowest BCUT2D eigenvalue weighted by Crippen LogP contribution is -2.32. The van der Waals surface area contributed by atoms with E-state index in [1.54, 1.807) is 36.4 Å². The maximum atomic E-state index is 12.9. The second-order valence-corrected chi connectivity index (χ2v) is 6.43. The van der Waals surface area contributed by atoms with Crippen molar-refractivity contribution >= 4 is 29.7 Å². The van der Waals surface area contributed by atoms with Crippen molar-refractivity contribution in [3.63, 3.8) is 0 Å². The van der Waals surface area contributed by atoms with Crippen molar-refractivity contribution in [2.75, 3.05) is 5.32 Å². The van der Waals surface area contributed by atoms with E-state index in [2.05, 4.69) is 15.8 Å². The third-order valence-corrected chi connectivity index (χ3v) is 4.14. The van der Waals surface area contributed by atoms with E-state index in [-0.39, 0.29) is 5.69 Å². The van der Waals surface area contributed by atoms with Crippen molar-refractivity contribution in [2.45, 2.75) is 6.92 Å². The molecule has 0 fully saturated rings. The quantitative estimate of drug-likeness (QED) is 0.218. The first-order chi connectivity index (χ1) is 14.9. The summed E-state index contributed by atoms with van der Waals surface area (Å²) in [5, 5.41) is 6.04. The molecular weight excluding hydrogens is 401 g/mol. The second-order valence-electron chi connectivity index (χ2n) is 6.43. The van der Waals surface area contributed by atoms with Crippen molar-refractivity contribution in [2.24, 2.45) is 5.10 Å². The van der Waals surface area contributed by atoms with Gasteiger partial charge in [0.05, 0.1) is 11.8 Å². The van der Waals surface area contributed by atoms with Crippen LogP contribution in [0.4, 0.5) is 10.1 Å². The number of carbonyl (C=O) groups is 3. The zero-order chi connectivity index (χ0) is 22.2. The second kappa shape index (κ2) is 9.93. The molecule has 0 bridgehead atoms. The molecule has 3 aromatic rings. The topological polar surface area (TPSA) is 96.9 Å². The van der Waals surface area contributed by atoms with Crippen LogP contribution in [0.25, 0.3) is 0 Å². The lowest BCUT2D eigenvalue weighted by Gasteiger charge is -2.06. The minimum atomic E-state index is -0.982. The van der Waals surface area contributed by atoms with Gasteiger partial charge in [0.25, 0.3) is 0 Å². The minimum Gasteiger partial charge on any atom is -0.423 e. The van der Waals surface area contributed by atoms with Gasteiger partial charge in [-0.1, -0.05) is 18.2 Å². The summed E-state index contributed by atoms with van der Waals surface area (Å²) in [6.45, 7) is 1.82. The molecule has 0 unspecified atom stereocenters.